The van der Waals surface area contributed by atoms with Gasteiger partial charge in [-0.3, -0.25) is 0 Å². The number of carbonyl (C=O) groups is 1. The lowest BCUT2D eigenvalue weighted by Gasteiger charge is -2.17. The quantitative estimate of drug-likeness (QED) is 0.853. The van der Waals surface area contributed by atoms with Crippen molar-refractivity contribution in [2.75, 3.05) is 30.9 Å². The zero-order valence-corrected chi connectivity index (χ0v) is 14.2. The fourth-order valence-electron chi connectivity index (χ4n) is 2.21. The number of nitrogens with one attached hydrogen (secondary N) is 1. The first kappa shape index (κ1) is 16.5. The molecule has 8 heteroatoms. The number of likely N-dealkylation sites (tertiary alicyclic amines) is 1. The summed E-state index contributed by atoms with van der Waals surface area (Å²) < 4.78 is 23.0. The SMILES string of the molecule is CSc1ccc(NC(=O)N2CC[C@H](S(C)(=O)=O)C2)cc1Cl. The van der Waals surface area contributed by atoms with E-state index in [0.717, 1.165) is 4.90 Å². The van der Waals surface area contributed by atoms with Gasteiger partial charge in [0.25, 0.3) is 0 Å². The lowest BCUT2D eigenvalue weighted by Crippen LogP contribution is -2.34. The summed E-state index contributed by atoms with van der Waals surface area (Å²) in [7, 11) is -3.10. The molecule has 1 N–H and O–H groups in total. The van der Waals surface area contributed by atoms with Crippen molar-refractivity contribution in [3.63, 3.8) is 0 Å². The number of anilines is 1. The highest BCUT2D eigenvalue weighted by atomic mass is 35.5. The molecular weight excluding hydrogens is 332 g/mol. The number of urea groups is 1. The Morgan fingerprint density at radius 3 is 2.71 bits per heavy atom. The van der Waals surface area contributed by atoms with Crippen molar-refractivity contribution in [3.8, 4) is 0 Å². The van der Waals surface area contributed by atoms with Gasteiger partial charge >= 0.3 is 6.03 Å². The van der Waals surface area contributed by atoms with Crippen LogP contribution in [0.25, 0.3) is 0 Å². The Bertz CT molecular complexity index is 649. The first-order valence-corrected chi connectivity index (χ1v) is 9.95. The van der Waals surface area contributed by atoms with Crippen LogP contribution in [0.5, 0.6) is 0 Å². The molecule has 0 radical (unpaired) electrons. The molecule has 5 nitrogen and oxygen atoms in total. The van der Waals surface area contributed by atoms with Crippen molar-refractivity contribution in [3.05, 3.63) is 23.2 Å². The molecule has 0 unspecified atom stereocenters. The van der Waals surface area contributed by atoms with E-state index in [0.29, 0.717) is 23.7 Å². The van der Waals surface area contributed by atoms with Gasteiger partial charge in [-0.2, -0.15) is 0 Å². The molecule has 0 aliphatic carbocycles. The van der Waals surface area contributed by atoms with Gasteiger partial charge in [0.05, 0.1) is 10.3 Å². The first-order chi connectivity index (χ1) is 9.81. The number of hydrogen-bond donors (Lipinski definition) is 1. The number of rotatable bonds is 3. The molecule has 0 saturated carbocycles. The Labute approximate surface area is 134 Å². The van der Waals surface area contributed by atoms with Crippen molar-refractivity contribution in [2.24, 2.45) is 0 Å². The maximum atomic E-state index is 12.1. The molecule has 21 heavy (non-hydrogen) atoms. The predicted octanol–water partition coefficient (Wildman–Crippen LogP) is 2.71. The largest absolute Gasteiger partial charge is 0.323 e. The first-order valence-electron chi connectivity index (χ1n) is 6.39. The van der Waals surface area contributed by atoms with Gasteiger partial charge in [0, 0.05) is 29.9 Å². The zero-order chi connectivity index (χ0) is 15.6. The van der Waals surface area contributed by atoms with Crippen LogP contribution < -0.4 is 5.32 Å². The van der Waals surface area contributed by atoms with Crippen LogP contribution in [-0.2, 0) is 9.84 Å². The number of sulfone groups is 1. The van der Waals surface area contributed by atoms with Crippen LogP contribution in [0.4, 0.5) is 10.5 Å². The fraction of sp³-hybridized carbons (Fsp3) is 0.462. The summed E-state index contributed by atoms with van der Waals surface area (Å²) in [6.07, 6.45) is 3.62. The fourth-order valence-corrected chi connectivity index (χ4v) is 4.06. The van der Waals surface area contributed by atoms with Gasteiger partial charge in [-0.1, -0.05) is 11.6 Å². The van der Waals surface area contributed by atoms with Crippen LogP contribution in [0, 0.1) is 0 Å². The second-order valence-corrected chi connectivity index (χ2v) is 8.55. The second kappa shape index (κ2) is 6.46. The molecule has 2 amide bonds. The summed E-state index contributed by atoms with van der Waals surface area (Å²) in [5, 5.41) is 2.86. The van der Waals surface area contributed by atoms with Crippen molar-refractivity contribution in [1.29, 1.82) is 0 Å². The Balaban J connectivity index is 2.01. The Morgan fingerprint density at radius 2 is 2.19 bits per heavy atom. The van der Waals surface area contributed by atoms with Crippen LogP contribution in [0.15, 0.2) is 23.1 Å². The summed E-state index contributed by atoms with van der Waals surface area (Å²) >= 11 is 7.62. The number of benzene rings is 1. The number of nitrogens with zero attached hydrogens (tertiary/aromatic N) is 1. The molecule has 0 bridgehead atoms. The van der Waals surface area contributed by atoms with Gasteiger partial charge in [0.2, 0.25) is 0 Å². The molecular formula is C13H17ClN2O3S2. The summed E-state index contributed by atoms with van der Waals surface area (Å²) in [6.45, 7) is 0.682. The lowest BCUT2D eigenvalue weighted by atomic mass is 10.3. The average Bonchev–Trinajstić information content (AvgIpc) is 2.88. The van der Waals surface area contributed by atoms with Gasteiger partial charge in [-0.15, -0.1) is 11.8 Å². The van der Waals surface area contributed by atoms with Gasteiger partial charge in [0.15, 0.2) is 9.84 Å². The summed E-state index contributed by atoms with van der Waals surface area (Å²) in [5.74, 6) is 0. The normalized spacial score (nSPS) is 18.8. The number of halogens is 1. The van der Waals surface area contributed by atoms with Crippen molar-refractivity contribution < 1.29 is 13.2 Å². The minimum atomic E-state index is -3.10. The van der Waals surface area contributed by atoms with Gasteiger partial charge < -0.3 is 10.2 Å². The van der Waals surface area contributed by atoms with E-state index in [4.69, 9.17) is 11.6 Å². The third kappa shape index (κ3) is 4.05. The molecule has 0 spiro atoms. The topological polar surface area (TPSA) is 66.5 Å². The van der Waals surface area contributed by atoms with Crippen LogP contribution in [0.1, 0.15) is 6.42 Å². The van der Waals surface area contributed by atoms with Crippen molar-refractivity contribution in [1.82, 2.24) is 4.90 Å². The van der Waals surface area contributed by atoms with Crippen LogP contribution in [-0.4, -0.2) is 50.2 Å². The number of amides is 2. The number of carbonyl (C=O) groups excluding carboxylic acids is 1. The van der Waals surface area contributed by atoms with E-state index in [1.54, 1.807) is 12.1 Å². The van der Waals surface area contributed by atoms with Crippen LogP contribution >= 0.6 is 23.4 Å². The third-order valence-corrected chi connectivity index (χ3v) is 6.26. The molecule has 1 heterocycles. The standard InChI is InChI=1S/C13H17ClN2O3S2/c1-20-12-4-3-9(7-11(12)14)15-13(17)16-6-5-10(8-16)21(2,18)19/h3-4,7,10H,5-6,8H2,1-2H3,(H,15,17)/t10-/m0/s1. The Hall–Kier alpha value is -0.920. The molecule has 116 valence electrons. The zero-order valence-electron chi connectivity index (χ0n) is 11.8. The van der Waals surface area contributed by atoms with Crippen LogP contribution in [0.2, 0.25) is 5.02 Å². The van der Waals surface area contributed by atoms with Gasteiger partial charge in [-0.25, -0.2) is 13.2 Å². The molecule has 1 atom stereocenters. The van der Waals surface area contributed by atoms with Gasteiger partial charge in [0.1, 0.15) is 0 Å². The average molecular weight is 349 g/mol. The predicted molar refractivity (Wildman–Crippen MR) is 87.1 cm³/mol. The summed E-state index contributed by atoms with van der Waals surface area (Å²) in [6, 6.07) is 5.01. The van der Waals surface area contributed by atoms with Gasteiger partial charge in [-0.05, 0) is 30.9 Å². The molecule has 1 saturated heterocycles. The maximum absolute atomic E-state index is 12.1. The van der Waals surface area contributed by atoms with E-state index in [9.17, 15) is 13.2 Å². The van der Waals surface area contributed by atoms with E-state index in [1.807, 2.05) is 12.3 Å². The molecule has 1 aromatic rings. The molecule has 0 aromatic heterocycles. The highest BCUT2D eigenvalue weighted by Crippen LogP contribution is 2.28. The minimum absolute atomic E-state index is 0.237. The van der Waals surface area contributed by atoms with Crippen molar-refractivity contribution in [2.45, 2.75) is 16.6 Å². The van der Waals surface area contributed by atoms with E-state index in [1.165, 1.54) is 22.9 Å². The van der Waals surface area contributed by atoms with Crippen molar-refractivity contribution >= 4 is 44.9 Å². The smallest absolute Gasteiger partial charge is 0.321 e. The maximum Gasteiger partial charge on any atom is 0.321 e. The van der Waals surface area contributed by atoms with E-state index < -0.39 is 15.1 Å². The van der Waals surface area contributed by atoms with E-state index >= 15 is 0 Å². The summed E-state index contributed by atoms with van der Waals surface area (Å²) in [5.41, 5.74) is 0.602. The van der Waals surface area contributed by atoms with Crippen LogP contribution in [0.3, 0.4) is 0 Å². The van der Waals surface area contributed by atoms with E-state index in [-0.39, 0.29) is 12.6 Å². The lowest BCUT2D eigenvalue weighted by molar-refractivity contribution is 0.222. The Morgan fingerprint density at radius 1 is 1.48 bits per heavy atom. The van der Waals surface area contributed by atoms with E-state index in [2.05, 4.69) is 5.32 Å². The number of hydrogen-bond acceptors (Lipinski definition) is 4. The third-order valence-electron chi connectivity index (χ3n) is 3.44. The minimum Gasteiger partial charge on any atom is -0.323 e. The molecule has 1 aromatic carbocycles. The second-order valence-electron chi connectivity index (χ2n) is 4.97. The Kier molecular flexibility index (Phi) is 5.06. The molecule has 1 aliphatic heterocycles. The number of thioether (sulfide) groups is 1. The summed E-state index contributed by atoms with van der Waals surface area (Å²) in [4.78, 5) is 14.6. The highest BCUT2D eigenvalue weighted by Gasteiger charge is 2.32. The monoisotopic (exact) mass is 348 g/mol. The molecule has 2 rings (SSSR count). The molecule has 1 aliphatic rings. The highest BCUT2D eigenvalue weighted by molar-refractivity contribution is 7.98. The molecule has 1 fully saturated rings.